The van der Waals surface area contributed by atoms with Gasteiger partial charge in [-0.05, 0) is 18.5 Å². The molecule has 7 heteroatoms. The Hall–Kier alpha value is -1.81. The van der Waals surface area contributed by atoms with Crippen molar-refractivity contribution >= 4 is 23.2 Å². The van der Waals surface area contributed by atoms with Crippen LogP contribution in [0, 0.1) is 23.8 Å². The molecule has 0 atom stereocenters. The minimum absolute atomic E-state index is 0.112. The first-order valence-electron chi connectivity index (χ1n) is 5.13. The van der Waals surface area contributed by atoms with E-state index in [1.807, 2.05) is 19.4 Å². The Balaban J connectivity index is 2.44. The molecule has 17 heavy (non-hydrogen) atoms. The van der Waals surface area contributed by atoms with Gasteiger partial charge in [0.05, 0.1) is 11.4 Å². The average Bonchev–Trinajstić information content (AvgIpc) is 2.72. The van der Waals surface area contributed by atoms with Crippen LogP contribution in [0.2, 0.25) is 0 Å². The molecule has 0 bridgehead atoms. The van der Waals surface area contributed by atoms with E-state index in [0.717, 1.165) is 17.9 Å². The minimum atomic E-state index is 0.112. The summed E-state index contributed by atoms with van der Waals surface area (Å²) in [6, 6.07) is 0. The molecule has 1 rings (SSSR count). The van der Waals surface area contributed by atoms with Gasteiger partial charge in [-0.25, -0.2) is 0 Å². The summed E-state index contributed by atoms with van der Waals surface area (Å²) >= 11 is 1.44. The third kappa shape index (κ3) is 3.60. The van der Waals surface area contributed by atoms with Gasteiger partial charge in [-0.1, -0.05) is 0 Å². The summed E-state index contributed by atoms with van der Waals surface area (Å²) in [6.07, 6.45) is 1.73. The topological polar surface area (TPSA) is 79.0 Å². The van der Waals surface area contributed by atoms with Crippen molar-refractivity contribution in [1.82, 2.24) is 14.6 Å². The van der Waals surface area contributed by atoms with Gasteiger partial charge in [-0.3, -0.25) is 10.7 Å². The third-order valence-corrected chi connectivity index (χ3v) is 3.17. The quantitative estimate of drug-likeness (QED) is 0.359. The Kier molecular flexibility index (Phi) is 4.72. The Morgan fingerprint density at radius 1 is 1.59 bits per heavy atom. The highest BCUT2D eigenvalue weighted by molar-refractivity contribution is 7.04. The van der Waals surface area contributed by atoms with Crippen LogP contribution >= 0.6 is 11.5 Å². The fraction of sp³-hybridized carbons (Fsp3) is 0.500. The lowest BCUT2D eigenvalue weighted by Crippen LogP contribution is -2.40. The molecule has 0 saturated carbocycles. The lowest BCUT2D eigenvalue weighted by atomic mass is 10.3. The van der Waals surface area contributed by atoms with Crippen molar-refractivity contribution in [3.63, 3.8) is 0 Å². The molecule has 92 valence electrons. The minimum Gasteiger partial charge on any atom is -0.371 e. The second-order valence-corrected chi connectivity index (χ2v) is 4.34. The van der Waals surface area contributed by atoms with Crippen LogP contribution in [0.15, 0.2) is 5.38 Å². The van der Waals surface area contributed by atoms with Crippen LogP contribution in [0.5, 0.6) is 0 Å². The van der Waals surface area contributed by atoms with Crippen molar-refractivity contribution in [1.29, 1.82) is 10.7 Å². The molecule has 0 aromatic carbocycles. The smallest absolute Gasteiger partial charge is 0.204 e. The number of rotatable bonds is 4. The molecule has 6 nitrogen and oxygen atoms in total. The van der Waals surface area contributed by atoms with Crippen molar-refractivity contribution in [2.75, 3.05) is 32.1 Å². The highest BCUT2D eigenvalue weighted by atomic mass is 32.1. The van der Waals surface area contributed by atoms with E-state index >= 15 is 0 Å². The second kappa shape index (κ2) is 6.06. The molecule has 0 saturated heterocycles. The molecular formula is C10H16N6S. The molecule has 0 aliphatic rings. The number of hydrogen-bond acceptors (Lipinski definition) is 5. The predicted octanol–water partition coefficient (Wildman–Crippen LogP) is 0.825. The number of anilines is 1. The van der Waals surface area contributed by atoms with E-state index < -0.39 is 0 Å². The summed E-state index contributed by atoms with van der Waals surface area (Å²) in [5.41, 5.74) is 2.13. The SMILES string of the molecule is Cc1nscc1N(C)CCN(C)C(=N)NC#N. The number of likely N-dealkylation sites (N-methyl/N-ethyl adjacent to an activating group) is 2. The molecule has 0 spiro atoms. The van der Waals surface area contributed by atoms with Gasteiger partial charge < -0.3 is 9.80 Å². The number of aryl methyl sites for hydroxylation is 1. The van der Waals surface area contributed by atoms with Crippen LogP contribution in [0.3, 0.4) is 0 Å². The first kappa shape index (κ1) is 13.3. The van der Waals surface area contributed by atoms with Crippen LogP contribution in [0.4, 0.5) is 5.69 Å². The van der Waals surface area contributed by atoms with E-state index in [-0.39, 0.29) is 5.96 Å². The average molecular weight is 252 g/mol. The molecule has 0 amide bonds. The molecule has 0 unspecified atom stereocenters. The number of nitriles is 1. The van der Waals surface area contributed by atoms with Gasteiger partial charge in [0.15, 0.2) is 6.19 Å². The Morgan fingerprint density at radius 3 is 2.82 bits per heavy atom. The van der Waals surface area contributed by atoms with Crippen LogP contribution in [-0.4, -0.2) is 42.4 Å². The lowest BCUT2D eigenvalue weighted by molar-refractivity contribution is 0.493. The maximum absolute atomic E-state index is 8.40. The van der Waals surface area contributed by atoms with Crippen molar-refractivity contribution in [2.45, 2.75) is 6.92 Å². The molecule has 1 aromatic rings. The summed E-state index contributed by atoms with van der Waals surface area (Å²) in [5.74, 6) is 0.112. The fourth-order valence-corrected chi connectivity index (χ4v) is 2.09. The van der Waals surface area contributed by atoms with Crippen LogP contribution in [0.1, 0.15) is 5.69 Å². The van der Waals surface area contributed by atoms with E-state index in [2.05, 4.69) is 14.6 Å². The van der Waals surface area contributed by atoms with Gasteiger partial charge in [0.1, 0.15) is 0 Å². The first-order valence-corrected chi connectivity index (χ1v) is 5.96. The predicted molar refractivity (Wildman–Crippen MR) is 69.2 cm³/mol. The monoisotopic (exact) mass is 252 g/mol. The van der Waals surface area contributed by atoms with Gasteiger partial charge in [0, 0.05) is 32.6 Å². The maximum atomic E-state index is 8.40. The molecule has 1 aromatic heterocycles. The van der Waals surface area contributed by atoms with Crippen molar-refractivity contribution in [3.05, 3.63) is 11.1 Å². The van der Waals surface area contributed by atoms with E-state index in [4.69, 9.17) is 10.7 Å². The van der Waals surface area contributed by atoms with E-state index in [0.29, 0.717) is 6.54 Å². The highest BCUT2D eigenvalue weighted by Crippen LogP contribution is 2.19. The first-order chi connectivity index (χ1) is 8.06. The van der Waals surface area contributed by atoms with E-state index in [1.54, 1.807) is 18.1 Å². The van der Waals surface area contributed by atoms with Crippen LogP contribution in [0.25, 0.3) is 0 Å². The van der Waals surface area contributed by atoms with Crippen molar-refractivity contribution < 1.29 is 0 Å². The summed E-state index contributed by atoms with van der Waals surface area (Å²) < 4.78 is 4.22. The van der Waals surface area contributed by atoms with Crippen LogP contribution in [-0.2, 0) is 0 Å². The number of nitrogens with zero attached hydrogens (tertiary/aromatic N) is 4. The van der Waals surface area contributed by atoms with Crippen molar-refractivity contribution in [2.24, 2.45) is 0 Å². The van der Waals surface area contributed by atoms with E-state index in [1.165, 1.54) is 11.5 Å². The normalized spacial score (nSPS) is 9.53. The van der Waals surface area contributed by atoms with E-state index in [9.17, 15) is 0 Å². The molecule has 0 radical (unpaired) electrons. The standard InChI is InChI=1S/C10H16N6S/c1-8-9(6-17-14-8)15(2)4-5-16(3)10(12)13-7-11/h6H,4-5H2,1-3H3,(H2,12,13). The fourth-order valence-electron chi connectivity index (χ4n) is 1.33. The largest absolute Gasteiger partial charge is 0.371 e. The lowest BCUT2D eigenvalue weighted by Gasteiger charge is -2.23. The molecule has 1 heterocycles. The summed E-state index contributed by atoms with van der Waals surface area (Å²) in [7, 11) is 3.77. The molecular weight excluding hydrogens is 236 g/mol. The molecule has 0 aliphatic heterocycles. The zero-order chi connectivity index (χ0) is 12.8. The Labute approximate surface area is 105 Å². The molecule has 2 N–H and O–H groups in total. The van der Waals surface area contributed by atoms with Gasteiger partial charge in [-0.2, -0.15) is 9.64 Å². The highest BCUT2D eigenvalue weighted by Gasteiger charge is 2.09. The summed E-state index contributed by atoms with van der Waals surface area (Å²) in [6.45, 7) is 3.41. The zero-order valence-electron chi connectivity index (χ0n) is 10.2. The maximum Gasteiger partial charge on any atom is 0.204 e. The van der Waals surface area contributed by atoms with Gasteiger partial charge in [0.25, 0.3) is 0 Å². The van der Waals surface area contributed by atoms with Gasteiger partial charge in [0.2, 0.25) is 5.96 Å². The third-order valence-electron chi connectivity index (χ3n) is 2.46. The molecule has 0 aliphatic carbocycles. The van der Waals surface area contributed by atoms with Gasteiger partial charge in [-0.15, -0.1) is 0 Å². The van der Waals surface area contributed by atoms with Crippen LogP contribution < -0.4 is 10.2 Å². The number of aromatic nitrogens is 1. The Morgan fingerprint density at radius 2 is 2.29 bits per heavy atom. The van der Waals surface area contributed by atoms with Gasteiger partial charge >= 0.3 is 0 Å². The Bertz CT molecular complexity index is 421. The zero-order valence-corrected chi connectivity index (χ0v) is 11.0. The number of nitrogens with one attached hydrogen (secondary N) is 2. The second-order valence-electron chi connectivity index (χ2n) is 3.71. The summed E-state index contributed by atoms with van der Waals surface area (Å²) in [4.78, 5) is 3.78. The van der Waals surface area contributed by atoms with Crippen molar-refractivity contribution in [3.8, 4) is 6.19 Å². The number of guanidine groups is 1. The number of hydrogen-bond donors (Lipinski definition) is 2. The summed E-state index contributed by atoms with van der Waals surface area (Å²) in [5, 5.41) is 20.2. The molecule has 0 fully saturated rings.